The van der Waals surface area contributed by atoms with E-state index in [1.54, 1.807) is 23.4 Å². The van der Waals surface area contributed by atoms with Crippen molar-refractivity contribution in [2.75, 3.05) is 26.2 Å². The van der Waals surface area contributed by atoms with E-state index in [0.717, 1.165) is 25.2 Å². The van der Waals surface area contributed by atoms with Crippen LogP contribution < -0.4 is 5.32 Å². The molecule has 7 heteroatoms. The van der Waals surface area contributed by atoms with E-state index in [0.29, 0.717) is 25.3 Å². The Morgan fingerprint density at radius 2 is 2.07 bits per heavy atom. The van der Waals surface area contributed by atoms with Gasteiger partial charge in [0.25, 0.3) is 5.91 Å². The Morgan fingerprint density at radius 3 is 2.85 bits per heavy atom. The van der Waals surface area contributed by atoms with Gasteiger partial charge in [-0.05, 0) is 49.7 Å². The summed E-state index contributed by atoms with van der Waals surface area (Å²) in [4.78, 5) is 34.0. The van der Waals surface area contributed by atoms with Gasteiger partial charge in [-0.25, -0.2) is 0 Å². The van der Waals surface area contributed by atoms with E-state index in [1.807, 2.05) is 29.0 Å². The van der Waals surface area contributed by atoms with Crippen molar-refractivity contribution in [2.24, 2.45) is 0 Å². The van der Waals surface area contributed by atoms with E-state index in [9.17, 15) is 9.59 Å². The van der Waals surface area contributed by atoms with Crippen molar-refractivity contribution in [3.8, 4) is 0 Å². The molecule has 1 saturated heterocycles. The lowest BCUT2D eigenvalue weighted by molar-refractivity contribution is -0.126. The van der Waals surface area contributed by atoms with Crippen LogP contribution in [0.2, 0.25) is 0 Å². The quantitative estimate of drug-likeness (QED) is 0.831. The van der Waals surface area contributed by atoms with Gasteiger partial charge in [-0.1, -0.05) is 6.07 Å². The Balaban J connectivity index is 1.47. The zero-order valence-corrected chi connectivity index (χ0v) is 15.4. The molecule has 0 spiro atoms. The SMILES string of the molecule is O=C(NCCN1CCCC1)C1Cn2cccc2C(=O)N1Cc1cccnc1. The maximum absolute atomic E-state index is 13.0. The fourth-order valence-electron chi connectivity index (χ4n) is 3.90. The Bertz CT molecular complexity index is 798. The smallest absolute Gasteiger partial charge is 0.271 e. The number of hydrogen-bond donors (Lipinski definition) is 1. The molecule has 0 radical (unpaired) electrons. The molecule has 2 aromatic heterocycles. The molecule has 0 aliphatic carbocycles. The number of amides is 2. The molecular formula is C20H25N5O2. The third-order valence-electron chi connectivity index (χ3n) is 5.36. The Morgan fingerprint density at radius 1 is 1.22 bits per heavy atom. The molecule has 4 heterocycles. The number of pyridine rings is 1. The molecule has 0 saturated carbocycles. The van der Waals surface area contributed by atoms with Gasteiger partial charge in [0, 0.05) is 38.2 Å². The number of rotatable bonds is 6. The van der Waals surface area contributed by atoms with Crippen LogP contribution >= 0.6 is 0 Å². The number of hydrogen-bond acceptors (Lipinski definition) is 4. The number of nitrogens with one attached hydrogen (secondary N) is 1. The highest BCUT2D eigenvalue weighted by Crippen LogP contribution is 2.21. The van der Waals surface area contributed by atoms with Crippen LogP contribution in [0.25, 0.3) is 0 Å². The molecule has 1 atom stereocenters. The van der Waals surface area contributed by atoms with Crippen molar-refractivity contribution in [1.82, 2.24) is 24.7 Å². The summed E-state index contributed by atoms with van der Waals surface area (Å²) >= 11 is 0. The number of likely N-dealkylation sites (tertiary alicyclic amines) is 1. The number of fused-ring (bicyclic) bond motifs is 1. The van der Waals surface area contributed by atoms with Crippen molar-refractivity contribution >= 4 is 11.8 Å². The second-order valence-corrected chi connectivity index (χ2v) is 7.20. The lowest BCUT2D eigenvalue weighted by atomic mass is 10.1. The molecule has 7 nitrogen and oxygen atoms in total. The van der Waals surface area contributed by atoms with Crippen LogP contribution in [0.5, 0.6) is 0 Å². The minimum atomic E-state index is -0.517. The highest BCUT2D eigenvalue weighted by Gasteiger charge is 2.36. The first-order valence-corrected chi connectivity index (χ1v) is 9.57. The Labute approximate surface area is 159 Å². The first kappa shape index (κ1) is 17.7. The van der Waals surface area contributed by atoms with E-state index in [1.165, 1.54) is 12.8 Å². The van der Waals surface area contributed by atoms with Crippen LogP contribution in [0.3, 0.4) is 0 Å². The van der Waals surface area contributed by atoms with Gasteiger partial charge < -0.3 is 19.7 Å². The third-order valence-corrected chi connectivity index (χ3v) is 5.36. The van der Waals surface area contributed by atoms with Gasteiger partial charge in [0.1, 0.15) is 11.7 Å². The molecule has 2 aromatic rings. The minimum Gasteiger partial charge on any atom is -0.353 e. The highest BCUT2D eigenvalue weighted by molar-refractivity contribution is 5.97. The van der Waals surface area contributed by atoms with Crippen molar-refractivity contribution in [3.05, 3.63) is 54.1 Å². The second-order valence-electron chi connectivity index (χ2n) is 7.20. The highest BCUT2D eigenvalue weighted by atomic mass is 16.2. The summed E-state index contributed by atoms with van der Waals surface area (Å²) in [6.45, 7) is 4.55. The number of aromatic nitrogens is 2. The summed E-state index contributed by atoms with van der Waals surface area (Å²) in [6.07, 6.45) is 7.78. The largest absolute Gasteiger partial charge is 0.353 e. The maximum atomic E-state index is 13.0. The monoisotopic (exact) mass is 367 g/mol. The molecule has 142 valence electrons. The second kappa shape index (κ2) is 7.92. The molecule has 2 amide bonds. The van der Waals surface area contributed by atoms with Gasteiger partial charge >= 0.3 is 0 Å². The molecule has 2 aliphatic rings. The van der Waals surface area contributed by atoms with Gasteiger partial charge in [0.05, 0.1) is 6.54 Å². The number of carbonyl (C=O) groups is 2. The summed E-state index contributed by atoms with van der Waals surface area (Å²) in [5.41, 5.74) is 1.54. The van der Waals surface area contributed by atoms with Crippen LogP contribution in [0.1, 0.15) is 28.9 Å². The average molecular weight is 367 g/mol. The zero-order chi connectivity index (χ0) is 18.6. The van der Waals surface area contributed by atoms with E-state index in [4.69, 9.17) is 0 Å². The summed E-state index contributed by atoms with van der Waals surface area (Å²) in [7, 11) is 0. The lowest BCUT2D eigenvalue weighted by Crippen LogP contribution is -2.55. The van der Waals surface area contributed by atoms with Crippen molar-refractivity contribution in [1.29, 1.82) is 0 Å². The van der Waals surface area contributed by atoms with Gasteiger partial charge in [-0.2, -0.15) is 0 Å². The summed E-state index contributed by atoms with van der Waals surface area (Å²) < 4.78 is 1.87. The normalized spacial score (nSPS) is 19.9. The summed E-state index contributed by atoms with van der Waals surface area (Å²) in [5.74, 6) is -0.208. The van der Waals surface area contributed by atoms with Crippen LogP contribution in [0, 0.1) is 0 Å². The zero-order valence-electron chi connectivity index (χ0n) is 15.4. The Kier molecular flexibility index (Phi) is 5.20. The lowest BCUT2D eigenvalue weighted by Gasteiger charge is -2.35. The molecule has 0 aromatic carbocycles. The predicted molar refractivity (Wildman–Crippen MR) is 101 cm³/mol. The fourth-order valence-corrected chi connectivity index (χ4v) is 3.90. The number of nitrogens with zero attached hydrogens (tertiary/aromatic N) is 4. The van der Waals surface area contributed by atoms with E-state index >= 15 is 0 Å². The van der Waals surface area contributed by atoms with Crippen LogP contribution in [0.15, 0.2) is 42.9 Å². The van der Waals surface area contributed by atoms with Crippen LogP contribution in [-0.2, 0) is 17.9 Å². The fraction of sp³-hybridized carbons (Fsp3) is 0.450. The minimum absolute atomic E-state index is 0.0919. The molecule has 4 rings (SSSR count). The van der Waals surface area contributed by atoms with E-state index in [-0.39, 0.29) is 11.8 Å². The number of carbonyl (C=O) groups excluding carboxylic acids is 2. The van der Waals surface area contributed by atoms with Crippen LogP contribution in [0.4, 0.5) is 0 Å². The first-order valence-electron chi connectivity index (χ1n) is 9.57. The van der Waals surface area contributed by atoms with Crippen molar-refractivity contribution < 1.29 is 9.59 Å². The van der Waals surface area contributed by atoms with Gasteiger partial charge in [-0.3, -0.25) is 14.6 Å². The van der Waals surface area contributed by atoms with Crippen molar-refractivity contribution in [2.45, 2.75) is 32.0 Å². The third kappa shape index (κ3) is 3.88. The molecule has 1 fully saturated rings. The molecule has 1 unspecified atom stereocenters. The Hall–Kier alpha value is -2.67. The van der Waals surface area contributed by atoms with E-state index < -0.39 is 6.04 Å². The standard InChI is InChI=1S/C20H25N5O2/c26-19(22-8-12-23-9-1-2-10-23)18-15-24-11-4-6-17(24)20(27)25(18)14-16-5-3-7-21-13-16/h3-7,11,13,18H,1-2,8-10,12,14-15H2,(H,22,26). The van der Waals surface area contributed by atoms with E-state index in [2.05, 4.69) is 15.2 Å². The maximum Gasteiger partial charge on any atom is 0.271 e. The van der Waals surface area contributed by atoms with Crippen molar-refractivity contribution in [3.63, 3.8) is 0 Å². The van der Waals surface area contributed by atoms with Gasteiger partial charge in [0.2, 0.25) is 5.91 Å². The molecule has 2 aliphatic heterocycles. The molecule has 0 bridgehead atoms. The topological polar surface area (TPSA) is 70.5 Å². The molecule has 1 N–H and O–H groups in total. The molecule has 27 heavy (non-hydrogen) atoms. The molecular weight excluding hydrogens is 342 g/mol. The summed E-state index contributed by atoms with van der Waals surface area (Å²) in [6, 6.07) is 6.91. The predicted octanol–water partition coefficient (Wildman–Crippen LogP) is 1.12. The first-order chi connectivity index (χ1) is 13.2. The van der Waals surface area contributed by atoms with Crippen LogP contribution in [-0.4, -0.2) is 63.4 Å². The average Bonchev–Trinajstić information content (AvgIpc) is 3.36. The van der Waals surface area contributed by atoms with Gasteiger partial charge in [-0.15, -0.1) is 0 Å². The van der Waals surface area contributed by atoms with Gasteiger partial charge in [0.15, 0.2) is 0 Å². The summed E-state index contributed by atoms with van der Waals surface area (Å²) in [5, 5.41) is 3.04.